The Morgan fingerprint density at radius 1 is 1.11 bits per heavy atom. The first-order valence-electron chi connectivity index (χ1n) is 9.41. The number of carbonyl (C=O) groups excluding carboxylic acids is 1. The Morgan fingerprint density at radius 2 is 1.78 bits per heavy atom. The van der Waals surface area contributed by atoms with Gasteiger partial charge >= 0.3 is 0 Å². The van der Waals surface area contributed by atoms with Crippen molar-refractivity contribution < 1.29 is 13.2 Å². The maximum atomic E-state index is 12.8. The minimum Gasteiger partial charge on any atom is -0.339 e. The van der Waals surface area contributed by atoms with Gasteiger partial charge in [0.05, 0.1) is 16.2 Å². The van der Waals surface area contributed by atoms with E-state index in [1.807, 2.05) is 6.07 Å². The van der Waals surface area contributed by atoms with Crippen LogP contribution in [0.2, 0.25) is 0 Å². The number of nitriles is 1. The van der Waals surface area contributed by atoms with E-state index < -0.39 is 10.0 Å². The molecule has 1 aliphatic heterocycles. The van der Waals surface area contributed by atoms with E-state index in [9.17, 15) is 18.5 Å². The summed E-state index contributed by atoms with van der Waals surface area (Å²) in [6.07, 6.45) is 6.21. The van der Waals surface area contributed by atoms with Crippen LogP contribution in [0.4, 0.5) is 0 Å². The van der Waals surface area contributed by atoms with Gasteiger partial charge < -0.3 is 4.90 Å². The molecular formula is C19H25N3O3S2. The first kappa shape index (κ1) is 20.2. The molecule has 2 aliphatic rings. The second-order valence-corrected chi connectivity index (χ2v) is 10.2. The Kier molecular flexibility index (Phi) is 6.79. The summed E-state index contributed by atoms with van der Waals surface area (Å²) in [5.41, 5.74) is 0.153. The molecule has 0 atom stereocenters. The highest BCUT2D eigenvalue weighted by Crippen LogP contribution is 2.28. The fourth-order valence-electron chi connectivity index (χ4n) is 3.61. The van der Waals surface area contributed by atoms with Crippen molar-refractivity contribution in [3.05, 3.63) is 29.8 Å². The van der Waals surface area contributed by atoms with Crippen LogP contribution in [0, 0.1) is 11.3 Å². The Balaban J connectivity index is 1.55. The predicted octanol–water partition coefficient (Wildman–Crippen LogP) is 2.46. The third-order valence-electron chi connectivity index (χ3n) is 5.21. The van der Waals surface area contributed by atoms with Crippen LogP contribution in [-0.4, -0.2) is 60.7 Å². The molecule has 2 fully saturated rings. The Hall–Kier alpha value is -1.56. The number of hydrogen-bond acceptors (Lipinski definition) is 5. The second kappa shape index (κ2) is 9.09. The van der Waals surface area contributed by atoms with Gasteiger partial charge in [-0.1, -0.05) is 31.4 Å². The second-order valence-electron chi connectivity index (χ2n) is 6.96. The number of amides is 1. The lowest BCUT2D eigenvalue weighted by Crippen LogP contribution is -2.51. The van der Waals surface area contributed by atoms with Crippen LogP contribution in [0.25, 0.3) is 0 Å². The zero-order valence-electron chi connectivity index (χ0n) is 15.3. The largest absolute Gasteiger partial charge is 0.339 e. The van der Waals surface area contributed by atoms with Crippen molar-refractivity contribution in [3.63, 3.8) is 0 Å². The molecule has 146 valence electrons. The summed E-state index contributed by atoms with van der Waals surface area (Å²) in [6.45, 7) is 1.33. The minimum atomic E-state index is -3.72. The van der Waals surface area contributed by atoms with E-state index in [1.54, 1.807) is 28.8 Å². The quantitative estimate of drug-likeness (QED) is 0.749. The van der Waals surface area contributed by atoms with Crippen LogP contribution in [0.1, 0.15) is 37.7 Å². The highest BCUT2D eigenvalue weighted by Gasteiger charge is 2.31. The fraction of sp³-hybridized carbons (Fsp3) is 0.579. The lowest BCUT2D eigenvalue weighted by molar-refractivity contribution is -0.129. The van der Waals surface area contributed by atoms with Gasteiger partial charge in [-0.15, -0.1) is 11.8 Å². The van der Waals surface area contributed by atoms with E-state index in [4.69, 9.17) is 0 Å². The topological polar surface area (TPSA) is 81.5 Å². The molecule has 1 saturated heterocycles. The molecular weight excluding hydrogens is 382 g/mol. The van der Waals surface area contributed by atoms with Gasteiger partial charge in [-0.05, 0) is 25.0 Å². The maximum absolute atomic E-state index is 12.8. The lowest BCUT2D eigenvalue weighted by atomic mass is 10.0. The number of thioether (sulfide) groups is 1. The van der Waals surface area contributed by atoms with Crippen LogP contribution < -0.4 is 0 Å². The van der Waals surface area contributed by atoms with Crippen molar-refractivity contribution in [2.75, 3.05) is 31.9 Å². The molecule has 1 aliphatic carbocycles. The van der Waals surface area contributed by atoms with Gasteiger partial charge in [-0.25, -0.2) is 8.42 Å². The average Bonchev–Trinajstić information content (AvgIpc) is 2.72. The first-order valence-corrected chi connectivity index (χ1v) is 11.9. The van der Waals surface area contributed by atoms with Crippen molar-refractivity contribution in [1.82, 2.24) is 9.21 Å². The third-order valence-corrected chi connectivity index (χ3v) is 8.52. The van der Waals surface area contributed by atoms with Crippen LogP contribution in [0.3, 0.4) is 0 Å². The van der Waals surface area contributed by atoms with Crippen molar-refractivity contribution >= 4 is 27.7 Å². The predicted molar refractivity (Wildman–Crippen MR) is 106 cm³/mol. The Bertz CT molecular complexity index is 806. The van der Waals surface area contributed by atoms with Crippen LogP contribution in [-0.2, 0) is 14.8 Å². The first-order chi connectivity index (χ1) is 13.0. The number of piperazine rings is 1. The van der Waals surface area contributed by atoms with Gasteiger partial charge in [0.1, 0.15) is 6.07 Å². The lowest BCUT2D eigenvalue weighted by Gasteiger charge is -2.34. The molecule has 27 heavy (non-hydrogen) atoms. The minimum absolute atomic E-state index is 0.0418. The smallest absolute Gasteiger partial charge is 0.244 e. The molecule has 0 unspecified atom stereocenters. The summed E-state index contributed by atoms with van der Waals surface area (Å²) in [5.74, 6) is 0.578. The van der Waals surface area contributed by atoms with Crippen molar-refractivity contribution in [1.29, 1.82) is 5.26 Å². The zero-order valence-corrected chi connectivity index (χ0v) is 17.0. The summed E-state index contributed by atoms with van der Waals surface area (Å²) < 4.78 is 27.1. The highest BCUT2D eigenvalue weighted by molar-refractivity contribution is 8.00. The molecule has 0 N–H and O–H groups in total. The molecule has 1 aromatic carbocycles. The van der Waals surface area contributed by atoms with Crippen LogP contribution >= 0.6 is 11.8 Å². The van der Waals surface area contributed by atoms with Crippen LogP contribution in [0.15, 0.2) is 29.2 Å². The molecule has 1 heterocycles. The van der Waals surface area contributed by atoms with E-state index in [0.29, 0.717) is 24.1 Å². The zero-order chi connectivity index (χ0) is 19.3. The van der Waals surface area contributed by atoms with Crippen molar-refractivity contribution in [2.45, 2.75) is 42.2 Å². The molecule has 0 bridgehead atoms. The number of sulfonamides is 1. The molecule has 0 spiro atoms. The highest BCUT2D eigenvalue weighted by atomic mass is 32.2. The summed E-state index contributed by atoms with van der Waals surface area (Å²) in [6, 6.07) is 8.19. The Morgan fingerprint density at radius 3 is 2.44 bits per heavy atom. The Labute approximate surface area is 165 Å². The van der Waals surface area contributed by atoms with Crippen molar-refractivity contribution in [2.24, 2.45) is 0 Å². The van der Waals surface area contributed by atoms with Gasteiger partial charge in [0.2, 0.25) is 15.9 Å². The molecule has 1 saturated carbocycles. The summed E-state index contributed by atoms with van der Waals surface area (Å²) in [7, 11) is -3.72. The van der Waals surface area contributed by atoms with Gasteiger partial charge in [0, 0.05) is 31.4 Å². The van der Waals surface area contributed by atoms with Crippen LogP contribution in [0.5, 0.6) is 0 Å². The standard InChI is InChI=1S/C19H25N3O3S2/c20-14-16-6-4-5-9-18(16)27(24,25)22-12-10-21(11-13-22)19(23)15-26-17-7-2-1-3-8-17/h4-6,9,17H,1-3,7-8,10-13,15H2. The van der Waals surface area contributed by atoms with Gasteiger partial charge in [-0.3, -0.25) is 4.79 Å². The molecule has 1 aromatic rings. The molecule has 3 rings (SSSR count). The SMILES string of the molecule is N#Cc1ccccc1S(=O)(=O)N1CCN(C(=O)CSC2CCCCC2)CC1. The van der Waals surface area contributed by atoms with E-state index >= 15 is 0 Å². The molecule has 0 aromatic heterocycles. The van der Waals surface area contributed by atoms with Gasteiger partial charge in [0.15, 0.2) is 0 Å². The monoisotopic (exact) mass is 407 g/mol. The number of nitrogens with zero attached hydrogens (tertiary/aromatic N) is 3. The van der Waals surface area contributed by atoms with Gasteiger partial charge in [-0.2, -0.15) is 9.57 Å². The molecule has 6 nitrogen and oxygen atoms in total. The van der Waals surface area contributed by atoms with E-state index in [0.717, 1.165) is 0 Å². The van der Waals surface area contributed by atoms with Gasteiger partial charge in [0.25, 0.3) is 0 Å². The normalized spacial score (nSPS) is 19.6. The number of benzene rings is 1. The molecule has 1 amide bonds. The number of rotatable bonds is 5. The molecule has 8 heteroatoms. The summed E-state index contributed by atoms with van der Waals surface area (Å²) in [5, 5.41) is 9.76. The van der Waals surface area contributed by atoms with E-state index in [1.165, 1.54) is 48.5 Å². The average molecular weight is 408 g/mol. The third kappa shape index (κ3) is 4.84. The van der Waals surface area contributed by atoms with E-state index in [-0.39, 0.29) is 29.5 Å². The summed E-state index contributed by atoms with van der Waals surface area (Å²) in [4.78, 5) is 14.3. The summed E-state index contributed by atoms with van der Waals surface area (Å²) >= 11 is 1.75. The fourth-order valence-corrected chi connectivity index (χ4v) is 6.40. The number of hydrogen-bond donors (Lipinski definition) is 0. The maximum Gasteiger partial charge on any atom is 0.244 e. The number of carbonyl (C=O) groups is 1. The van der Waals surface area contributed by atoms with E-state index in [2.05, 4.69) is 0 Å². The molecule has 0 radical (unpaired) electrons. The van der Waals surface area contributed by atoms with Crippen molar-refractivity contribution in [3.8, 4) is 6.07 Å².